The summed E-state index contributed by atoms with van der Waals surface area (Å²) >= 11 is 3.44. The summed E-state index contributed by atoms with van der Waals surface area (Å²) in [6.45, 7) is 8.42. The average Bonchev–Trinajstić information content (AvgIpc) is 2.79. The molecular formula is C25H28BrNO2. The maximum Gasteiger partial charge on any atom is 0.120 e. The van der Waals surface area contributed by atoms with Gasteiger partial charge in [0.15, 0.2) is 0 Å². The Labute approximate surface area is 182 Å². The Morgan fingerprint density at radius 2 is 1.83 bits per heavy atom. The van der Waals surface area contributed by atoms with Crippen LogP contribution in [0.25, 0.3) is 0 Å². The average molecular weight is 454 g/mol. The molecule has 0 spiro atoms. The highest BCUT2D eigenvalue weighted by Gasteiger charge is 2.23. The third-order valence-electron chi connectivity index (χ3n) is 5.35. The van der Waals surface area contributed by atoms with E-state index in [-0.39, 0.29) is 6.10 Å². The highest BCUT2D eigenvalue weighted by atomic mass is 79.9. The van der Waals surface area contributed by atoms with Gasteiger partial charge in [-0.25, -0.2) is 0 Å². The molecule has 1 saturated carbocycles. The van der Waals surface area contributed by atoms with Crippen LogP contribution in [-0.2, 0) is 11.3 Å². The first kappa shape index (κ1) is 21.5. The number of allylic oxidation sites excluding steroid dienone is 2. The molecule has 0 radical (unpaired) electrons. The fraction of sp³-hybridized carbons (Fsp3) is 0.320. The van der Waals surface area contributed by atoms with Gasteiger partial charge in [0.1, 0.15) is 12.4 Å². The molecule has 0 atom stereocenters. The molecule has 29 heavy (non-hydrogen) atoms. The first-order valence-electron chi connectivity index (χ1n) is 10.1. The molecule has 1 fully saturated rings. The quantitative estimate of drug-likeness (QED) is 0.308. The molecule has 4 heteroatoms. The smallest absolute Gasteiger partial charge is 0.120 e. The zero-order valence-corrected chi connectivity index (χ0v) is 18.3. The van der Waals surface area contributed by atoms with Crippen LogP contribution in [-0.4, -0.2) is 19.4 Å². The molecule has 1 aliphatic rings. The van der Waals surface area contributed by atoms with Crippen molar-refractivity contribution in [3.63, 3.8) is 0 Å². The van der Waals surface area contributed by atoms with E-state index in [0.29, 0.717) is 19.1 Å². The maximum atomic E-state index is 6.06. The Hall–Kier alpha value is -2.17. The SMILES string of the molecule is C=C/C(Br)=C(/COC1CCC(c2cccc(OCc3ccccc3)c2)CC1)N=C. The van der Waals surface area contributed by atoms with Crippen molar-refractivity contribution >= 4 is 22.6 Å². The van der Waals surface area contributed by atoms with E-state index in [1.54, 1.807) is 6.08 Å². The number of aliphatic imine (C=N–C) groups is 1. The molecule has 1 aliphatic carbocycles. The molecular weight excluding hydrogens is 426 g/mol. The summed E-state index contributed by atoms with van der Waals surface area (Å²) in [5.74, 6) is 1.49. The Kier molecular flexibility index (Phi) is 8.26. The molecule has 0 aliphatic heterocycles. The van der Waals surface area contributed by atoms with E-state index in [9.17, 15) is 0 Å². The fourth-order valence-electron chi connectivity index (χ4n) is 3.67. The van der Waals surface area contributed by atoms with E-state index in [4.69, 9.17) is 9.47 Å². The Morgan fingerprint density at radius 3 is 2.52 bits per heavy atom. The summed E-state index contributed by atoms with van der Waals surface area (Å²) in [7, 11) is 0. The molecule has 3 rings (SSSR count). The number of hydrogen-bond donors (Lipinski definition) is 0. The molecule has 152 valence electrons. The van der Waals surface area contributed by atoms with Gasteiger partial charge in [-0.2, -0.15) is 0 Å². The zero-order valence-electron chi connectivity index (χ0n) is 16.7. The Morgan fingerprint density at radius 1 is 1.07 bits per heavy atom. The van der Waals surface area contributed by atoms with E-state index in [1.165, 1.54) is 11.1 Å². The normalized spacial score (nSPS) is 19.9. The van der Waals surface area contributed by atoms with E-state index in [1.807, 2.05) is 24.3 Å². The van der Waals surface area contributed by atoms with Crippen molar-refractivity contribution < 1.29 is 9.47 Å². The summed E-state index contributed by atoms with van der Waals surface area (Å²) in [6.07, 6.45) is 6.33. The molecule has 0 saturated heterocycles. The minimum absolute atomic E-state index is 0.269. The number of rotatable bonds is 9. The van der Waals surface area contributed by atoms with Crippen molar-refractivity contribution in [3.8, 4) is 5.75 Å². The molecule has 0 aromatic heterocycles. The van der Waals surface area contributed by atoms with Crippen molar-refractivity contribution in [1.82, 2.24) is 0 Å². The predicted octanol–water partition coefficient (Wildman–Crippen LogP) is 6.80. The molecule has 0 amide bonds. The molecule has 3 nitrogen and oxygen atoms in total. The summed E-state index contributed by atoms with van der Waals surface area (Å²) in [4.78, 5) is 4.03. The summed E-state index contributed by atoms with van der Waals surface area (Å²) < 4.78 is 12.9. The van der Waals surface area contributed by atoms with Gasteiger partial charge >= 0.3 is 0 Å². The highest BCUT2D eigenvalue weighted by molar-refractivity contribution is 9.11. The first-order chi connectivity index (χ1) is 14.2. The fourth-order valence-corrected chi connectivity index (χ4v) is 3.91. The van der Waals surface area contributed by atoms with Crippen LogP contribution < -0.4 is 4.74 Å². The third-order valence-corrected chi connectivity index (χ3v) is 6.13. The van der Waals surface area contributed by atoms with Crippen LogP contribution in [0.1, 0.15) is 42.7 Å². The maximum absolute atomic E-state index is 6.06. The van der Waals surface area contributed by atoms with Gasteiger partial charge in [-0.1, -0.05) is 55.1 Å². The minimum atomic E-state index is 0.269. The van der Waals surface area contributed by atoms with Gasteiger partial charge in [-0.15, -0.1) is 0 Å². The van der Waals surface area contributed by atoms with Crippen molar-refractivity contribution in [1.29, 1.82) is 0 Å². The largest absolute Gasteiger partial charge is 0.489 e. The first-order valence-corrected chi connectivity index (χ1v) is 10.8. The second-order valence-corrected chi connectivity index (χ2v) is 8.14. The van der Waals surface area contributed by atoms with Crippen LogP contribution in [0.3, 0.4) is 0 Å². The number of nitrogens with zero attached hydrogens (tertiary/aromatic N) is 1. The van der Waals surface area contributed by atoms with Crippen LogP contribution in [0.2, 0.25) is 0 Å². The van der Waals surface area contributed by atoms with Gasteiger partial charge in [0, 0.05) is 4.48 Å². The lowest BCUT2D eigenvalue weighted by Gasteiger charge is -2.29. The molecule has 0 bridgehead atoms. The molecule has 0 unspecified atom stereocenters. The summed E-state index contributed by atoms with van der Waals surface area (Å²) in [6, 6.07) is 18.8. The number of halogens is 1. The van der Waals surface area contributed by atoms with Crippen LogP contribution in [0.4, 0.5) is 0 Å². The molecule has 2 aromatic carbocycles. The van der Waals surface area contributed by atoms with Crippen LogP contribution in [0.5, 0.6) is 5.75 Å². The lowest BCUT2D eigenvalue weighted by Crippen LogP contribution is -2.21. The van der Waals surface area contributed by atoms with Gasteiger partial charge < -0.3 is 9.47 Å². The van der Waals surface area contributed by atoms with E-state index in [2.05, 4.69) is 64.6 Å². The zero-order chi connectivity index (χ0) is 20.5. The second-order valence-electron chi connectivity index (χ2n) is 7.29. The molecule has 0 N–H and O–H groups in total. The predicted molar refractivity (Wildman–Crippen MR) is 124 cm³/mol. The number of ether oxygens (including phenoxy) is 2. The van der Waals surface area contributed by atoms with Crippen molar-refractivity contribution in [3.05, 3.63) is 88.6 Å². The van der Waals surface area contributed by atoms with Crippen LogP contribution in [0, 0.1) is 0 Å². The minimum Gasteiger partial charge on any atom is -0.489 e. The summed E-state index contributed by atoms with van der Waals surface area (Å²) in [5.41, 5.74) is 3.34. The van der Waals surface area contributed by atoms with E-state index < -0.39 is 0 Å². The number of hydrogen-bond acceptors (Lipinski definition) is 3. The van der Waals surface area contributed by atoms with Gasteiger partial charge in [0.2, 0.25) is 0 Å². The summed E-state index contributed by atoms with van der Waals surface area (Å²) in [5, 5.41) is 0. The topological polar surface area (TPSA) is 30.8 Å². The number of benzene rings is 2. The monoisotopic (exact) mass is 453 g/mol. The van der Waals surface area contributed by atoms with Crippen LogP contribution >= 0.6 is 15.9 Å². The third kappa shape index (κ3) is 6.41. The standard InChI is InChI=1S/C25H28BrNO2/c1-3-24(26)25(27-2)18-29-22-14-12-20(13-15-22)21-10-7-11-23(16-21)28-17-19-8-5-4-6-9-19/h3-11,16,20,22H,1-2,12-15,17-18H2/b25-24+. The Balaban J connectivity index is 1.50. The van der Waals surface area contributed by atoms with Gasteiger partial charge in [-0.05, 0) is 77.5 Å². The second kappa shape index (κ2) is 11.1. The van der Waals surface area contributed by atoms with Crippen LogP contribution in [0.15, 0.2) is 82.4 Å². The van der Waals surface area contributed by atoms with Crippen molar-refractivity contribution in [2.45, 2.75) is 44.3 Å². The van der Waals surface area contributed by atoms with E-state index >= 15 is 0 Å². The van der Waals surface area contributed by atoms with E-state index in [0.717, 1.165) is 41.6 Å². The lowest BCUT2D eigenvalue weighted by atomic mass is 9.82. The highest BCUT2D eigenvalue weighted by Crippen LogP contribution is 2.35. The molecule has 0 heterocycles. The van der Waals surface area contributed by atoms with Gasteiger partial charge in [0.25, 0.3) is 0 Å². The van der Waals surface area contributed by atoms with Gasteiger partial charge in [0.05, 0.1) is 18.4 Å². The van der Waals surface area contributed by atoms with Gasteiger partial charge in [-0.3, -0.25) is 4.99 Å². The Bertz CT molecular complexity index is 839. The van der Waals surface area contributed by atoms with Crippen molar-refractivity contribution in [2.24, 2.45) is 4.99 Å². The molecule has 2 aromatic rings. The van der Waals surface area contributed by atoms with Crippen molar-refractivity contribution in [2.75, 3.05) is 6.61 Å². The lowest BCUT2D eigenvalue weighted by molar-refractivity contribution is 0.0381.